The van der Waals surface area contributed by atoms with Crippen LogP contribution in [0, 0.1) is 5.92 Å². The molecule has 0 aliphatic carbocycles. The fourth-order valence-electron chi connectivity index (χ4n) is 2.45. The van der Waals surface area contributed by atoms with Crippen molar-refractivity contribution in [2.45, 2.75) is 46.1 Å². The highest BCUT2D eigenvalue weighted by Gasteiger charge is 2.20. The first-order valence-corrected chi connectivity index (χ1v) is 7.86. The molecule has 1 aromatic heterocycles. The number of aromatic nitrogens is 1. The van der Waals surface area contributed by atoms with E-state index in [0.717, 1.165) is 49.1 Å². The van der Waals surface area contributed by atoms with Gasteiger partial charge in [0.1, 0.15) is 9.88 Å². The molecule has 0 amide bonds. The number of nitrogens with zero attached hydrogens (tertiary/aromatic N) is 2. The van der Waals surface area contributed by atoms with Gasteiger partial charge in [0.2, 0.25) is 0 Å². The number of thiazole rings is 1. The molecule has 106 valence electrons. The van der Waals surface area contributed by atoms with E-state index in [1.54, 1.807) is 0 Å². The first-order chi connectivity index (χ1) is 9.10. The Morgan fingerprint density at radius 1 is 1.47 bits per heavy atom. The van der Waals surface area contributed by atoms with Crippen molar-refractivity contribution in [1.82, 2.24) is 9.88 Å². The SMILES string of the molecule is CCCc1nc(CN2CCC(C)CC2)sc1C(=O)O. The Morgan fingerprint density at radius 3 is 2.74 bits per heavy atom. The molecule has 0 aromatic carbocycles. The second kappa shape index (κ2) is 6.48. The molecule has 1 aliphatic rings. The Bertz CT molecular complexity index is 437. The van der Waals surface area contributed by atoms with Crippen LogP contribution in [-0.4, -0.2) is 34.0 Å². The number of carboxylic acid groups (broad SMARTS) is 1. The summed E-state index contributed by atoms with van der Waals surface area (Å²) in [6.45, 7) is 7.36. The molecule has 1 fully saturated rings. The largest absolute Gasteiger partial charge is 0.477 e. The van der Waals surface area contributed by atoms with Crippen molar-refractivity contribution in [3.8, 4) is 0 Å². The molecule has 2 rings (SSSR count). The van der Waals surface area contributed by atoms with Gasteiger partial charge in [-0.15, -0.1) is 11.3 Å². The number of piperidine rings is 1. The standard InChI is InChI=1S/C14H22N2O2S/c1-3-4-11-13(14(17)18)19-12(15-11)9-16-7-5-10(2)6-8-16/h10H,3-9H2,1-2H3,(H,17,18). The molecule has 0 atom stereocenters. The molecular formula is C14H22N2O2S. The highest BCUT2D eigenvalue weighted by molar-refractivity contribution is 7.13. The van der Waals surface area contributed by atoms with E-state index in [-0.39, 0.29) is 0 Å². The molecule has 19 heavy (non-hydrogen) atoms. The maximum absolute atomic E-state index is 11.2. The van der Waals surface area contributed by atoms with E-state index in [0.29, 0.717) is 4.88 Å². The lowest BCUT2D eigenvalue weighted by Crippen LogP contribution is -2.32. The Kier molecular flexibility index (Phi) is 4.93. The van der Waals surface area contributed by atoms with E-state index in [2.05, 4.69) is 23.7 Å². The van der Waals surface area contributed by atoms with Gasteiger partial charge in [-0.2, -0.15) is 0 Å². The van der Waals surface area contributed by atoms with E-state index in [9.17, 15) is 9.90 Å². The van der Waals surface area contributed by atoms with E-state index < -0.39 is 5.97 Å². The van der Waals surface area contributed by atoms with Crippen LogP contribution in [0.25, 0.3) is 0 Å². The molecule has 0 radical (unpaired) electrons. The minimum absolute atomic E-state index is 0.433. The van der Waals surface area contributed by atoms with Gasteiger partial charge < -0.3 is 5.11 Å². The zero-order chi connectivity index (χ0) is 13.8. The molecule has 1 saturated heterocycles. The van der Waals surface area contributed by atoms with Gasteiger partial charge in [-0.05, 0) is 38.3 Å². The van der Waals surface area contributed by atoms with Crippen molar-refractivity contribution >= 4 is 17.3 Å². The fraction of sp³-hybridized carbons (Fsp3) is 0.714. The summed E-state index contributed by atoms with van der Waals surface area (Å²) in [5, 5.41) is 10.2. The van der Waals surface area contributed by atoms with Crippen LogP contribution in [0.15, 0.2) is 0 Å². The molecule has 0 unspecified atom stereocenters. The Labute approximate surface area is 118 Å². The van der Waals surface area contributed by atoms with Crippen LogP contribution in [0.3, 0.4) is 0 Å². The van der Waals surface area contributed by atoms with Crippen LogP contribution in [-0.2, 0) is 13.0 Å². The molecule has 4 nitrogen and oxygen atoms in total. The number of hydrogen-bond acceptors (Lipinski definition) is 4. The van der Waals surface area contributed by atoms with E-state index in [4.69, 9.17) is 0 Å². The molecule has 0 bridgehead atoms. The summed E-state index contributed by atoms with van der Waals surface area (Å²) in [7, 11) is 0. The maximum atomic E-state index is 11.2. The summed E-state index contributed by atoms with van der Waals surface area (Å²) in [6.07, 6.45) is 4.16. The quantitative estimate of drug-likeness (QED) is 0.902. The summed E-state index contributed by atoms with van der Waals surface area (Å²) < 4.78 is 0. The summed E-state index contributed by atoms with van der Waals surface area (Å²) >= 11 is 1.35. The molecule has 1 aliphatic heterocycles. The molecule has 5 heteroatoms. The number of carbonyl (C=O) groups is 1. The molecule has 1 N–H and O–H groups in total. The Hall–Kier alpha value is -0.940. The monoisotopic (exact) mass is 282 g/mol. The third-order valence-corrected chi connectivity index (χ3v) is 4.73. The van der Waals surface area contributed by atoms with Gasteiger partial charge in [-0.3, -0.25) is 4.90 Å². The second-order valence-corrected chi connectivity index (χ2v) is 6.48. The van der Waals surface area contributed by atoms with E-state index >= 15 is 0 Å². The van der Waals surface area contributed by atoms with Gasteiger partial charge >= 0.3 is 5.97 Å². The van der Waals surface area contributed by atoms with Gasteiger partial charge in [-0.1, -0.05) is 20.3 Å². The third-order valence-electron chi connectivity index (χ3n) is 3.66. The summed E-state index contributed by atoms with van der Waals surface area (Å²) in [4.78, 5) is 18.6. The van der Waals surface area contributed by atoms with Gasteiger partial charge in [-0.25, -0.2) is 9.78 Å². The lowest BCUT2D eigenvalue weighted by Gasteiger charge is -2.29. The van der Waals surface area contributed by atoms with Crippen LogP contribution in [0.1, 0.15) is 53.5 Å². The predicted octanol–water partition coefficient (Wildman–Crippen LogP) is 3.03. The predicted molar refractivity (Wildman–Crippen MR) is 76.7 cm³/mol. The van der Waals surface area contributed by atoms with Crippen LogP contribution in [0.5, 0.6) is 0 Å². The fourth-order valence-corrected chi connectivity index (χ4v) is 3.44. The summed E-state index contributed by atoms with van der Waals surface area (Å²) in [5.41, 5.74) is 0.764. The van der Waals surface area contributed by atoms with Crippen molar-refractivity contribution in [2.24, 2.45) is 5.92 Å². The van der Waals surface area contributed by atoms with Crippen LogP contribution in [0.2, 0.25) is 0 Å². The minimum Gasteiger partial charge on any atom is -0.477 e. The Balaban J connectivity index is 2.04. The van der Waals surface area contributed by atoms with Gasteiger partial charge in [0.05, 0.1) is 12.2 Å². The van der Waals surface area contributed by atoms with Gasteiger partial charge in [0, 0.05) is 0 Å². The second-order valence-electron chi connectivity index (χ2n) is 5.40. The minimum atomic E-state index is -0.834. The van der Waals surface area contributed by atoms with Crippen molar-refractivity contribution in [3.05, 3.63) is 15.6 Å². The number of aryl methyl sites for hydroxylation is 1. The number of rotatable bonds is 5. The molecule has 0 saturated carbocycles. The van der Waals surface area contributed by atoms with Gasteiger partial charge in [0.25, 0.3) is 0 Å². The lowest BCUT2D eigenvalue weighted by atomic mass is 9.99. The van der Waals surface area contributed by atoms with Gasteiger partial charge in [0.15, 0.2) is 0 Å². The highest BCUT2D eigenvalue weighted by atomic mass is 32.1. The van der Waals surface area contributed by atoms with Crippen LogP contribution in [0.4, 0.5) is 0 Å². The van der Waals surface area contributed by atoms with Crippen molar-refractivity contribution in [3.63, 3.8) is 0 Å². The first kappa shape index (κ1) is 14.5. The zero-order valence-electron chi connectivity index (χ0n) is 11.7. The number of likely N-dealkylation sites (tertiary alicyclic amines) is 1. The molecule has 1 aromatic rings. The lowest BCUT2D eigenvalue weighted by molar-refractivity contribution is 0.0700. The molecule has 0 spiro atoms. The number of hydrogen-bond donors (Lipinski definition) is 1. The average molecular weight is 282 g/mol. The van der Waals surface area contributed by atoms with Crippen molar-refractivity contribution < 1.29 is 9.90 Å². The van der Waals surface area contributed by atoms with Crippen molar-refractivity contribution in [1.29, 1.82) is 0 Å². The smallest absolute Gasteiger partial charge is 0.347 e. The number of carboxylic acids is 1. The first-order valence-electron chi connectivity index (χ1n) is 7.04. The summed E-state index contributed by atoms with van der Waals surface area (Å²) in [6, 6.07) is 0. The molecule has 2 heterocycles. The zero-order valence-corrected chi connectivity index (χ0v) is 12.5. The number of aromatic carboxylic acids is 1. The summed E-state index contributed by atoms with van der Waals surface area (Å²) in [5.74, 6) is -0.0164. The molecular weight excluding hydrogens is 260 g/mol. The van der Waals surface area contributed by atoms with Crippen molar-refractivity contribution in [2.75, 3.05) is 13.1 Å². The van der Waals surface area contributed by atoms with E-state index in [1.165, 1.54) is 24.2 Å². The average Bonchev–Trinajstić information content (AvgIpc) is 2.76. The maximum Gasteiger partial charge on any atom is 0.347 e. The highest BCUT2D eigenvalue weighted by Crippen LogP contribution is 2.23. The normalized spacial score (nSPS) is 17.8. The third kappa shape index (κ3) is 3.76. The van der Waals surface area contributed by atoms with Crippen LogP contribution >= 0.6 is 11.3 Å². The Morgan fingerprint density at radius 2 is 2.16 bits per heavy atom. The topological polar surface area (TPSA) is 53.4 Å². The van der Waals surface area contributed by atoms with E-state index in [1.807, 2.05) is 0 Å². The van der Waals surface area contributed by atoms with Crippen LogP contribution < -0.4 is 0 Å².